The van der Waals surface area contributed by atoms with Crippen molar-refractivity contribution in [3.05, 3.63) is 51.4 Å². The molecule has 2 rings (SSSR count). The lowest BCUT2D eigenvalue weighted by atomic mass is 10.1. The Morgan fingerprint density at radius 3 is 2.46 bits per heavy atom. The number of nitro groups is 1. The Balaban J connectivity index is 2.19. The van der Waals surface area contributed by atoms with Gasteiger partial charge in [0.15, 0.2) is 0 Å². The molecule has 0 radical (unpaired) electrons. The summed E-state index contributed by atoms with van der Waals surface area (Å²) in [7, 11) is 0. The number of hydrogen-bond donors (Lipinski definition) is 2. The predicted molar refractivity (Wildman–Crippen MR) is 96.7 cm³/mol. The third-order valence-electron chi connectivity index (χ3n) is 3.53. The third kappa shape index (κ3) is 4.79. The maximum Gasteiger partial charge on any atom is 0.408 e. The van der Waals surface area contributed by atoms with E-state index in [9.17, 15) is 20.0 Å². The molecule has 2 aromatic rings. The van der Waals surface area contributed by atoms with Crippen molar-refractivity contribution in [3.63, 3.8) is 0 Å². The van der Waals surface area contributed by atoms with E-state index in [2.05, 4.69) is 15.3 Å². The molecular weight excluding hydrogens is 362 g/mol. The number of halogens is 1. The van der Waals surface area contributed by atoms with Gasteiger partial charge in [-0.1, -0.05) is 12.1 Å². The molecular formula is C16H18ClN5O4. The van der Waals surface area contributed by atoms with Gasteiger partial charge < -0.3 is 10.4 Å². The average molecular weight is 380 g/mol. The first-order chi connectivity index (χ1) is 12.1. The summed E-state index contributed by atoms with van der Waals surface area (Å²) in [5.74, 6) is -0.0235. The van der Waals surface area contributed by atoms with Gasteiger partial charge in [-0.2, -0.15) is 4.98 Å². The van der Waals surface area contributed by atoms with Crippen molar-refractivity contribution in [2.45, 2.75) is 32.9 Å². The number of hydrogen-bond acceptors (Lipinski definition) is 6. The highest BCUT2D eigenvalue weighted by molar-refractivity contribution is 6.28. The molecule has 0 bridgehead atoms. The second-order valence-electron chi connectivity index (χ2n) is 6.49. The molecule has 10 heteroatoms. The molecule has 0 atom stereocenters. The molecule has 0 unspecified atom stereocenters. The molecule has 9 nitrogen and oxygen atoms in total. The second-order valence-corrected chi connectivity index (χ2v) is 6.83. The molecule has 0 aliphatic rings. The van der Waals surface area contributed by atoms with E-state index in [1.54, 1.807) is 24.3 Å². The minimum Gasteiger partial charge on any atom is -0.465 e. The molecule has 0 spiro atoms. The summed E-state index contributed by atoms with van der Waals surface area (Å²) in [6, 6.07) is 6.83. The van der Waals surface area contributed by atoms with Gasteiger partial charge in [-0.05, 0) is 50.1 Å². The smallest absolute Gasteiger partial charge is 0.408 e. The van der Waals surface area contributed by atoms with E-state index in [4.69, 9.17) is 11.6 Å². The molecule has 138 valence electrons. The first-order valence-electron chi connectivity index (χ1n) is 7.61. The quantitative estimate of drug-likeness (QED) is 0.456. The molecule has 1 amide bonds. The minimum absolute atomic E-state index is 0.0235. The van der Waals surface area contributed by atoms with Crippen molar-refractivity contribution >= 4 is 34.9 Å². The molecule has 1 aromatic carbocycles. The number of carbonyl (C=O) groups is 1. The summed E-state index contributed by atoms with van der Waals surface area (Å²) < 4.78 is 0. The Hall–Kier alpha value is -2.94. The van der Waals surface area contributed by atoms with E-state index in [0.717, 1.165) is 11.8 Å². The minimum atomic E-state index is -1.01. The summed E-state index contributed by atoms with van der Waals surface area (Å²) in [6.45, 7) is 5.66. The summed E-state index contributed by atoms with van der Waals surface area (Å²) in [5.41, 5.74) is 0.483. The van der Waals surface area contributed by atoms with Gasteiger partial charge in [0.25, 0.3) is 0 Å². The van der Waals surface area contributed by atoms with Crippen LogP contribution in [-0.2, 0) is 6.54 Å². The number of amides is 1. The van der Waals surface area contributed by atoms with Crippen LogP contribution < -0.4 is 5.32 Å². The number of aromatic nitrogens is 2. The molecule has 1 aromatic heterocycles. The van der Waals surface area contributed by atoms with Gasteiger partial charge in [-0.25, -0.2) is 9.78 Å². The van der Waals surface area contributed by atoms with Crippen LogP contribution in [0.2, 0.25) is 5.28 Å². The number of nitrogens with zero attached hydrogens (tertiary/aromatic N) is 4. The van der Waals surface area contributed by atoms with Crippen molar-refractivity contribution in [2.24, 2.45) is 0 Å². The Labute approximate surface area is 154 Å². The fraction of sp³-hybridized carbons (Fsp3) is 0.312. The molecule has 26 heavy (non-hydrogen) atoms. The fourth-order valence-corrected chi connectivity index (χ4v) is 2.32. The average Bonchev–Trinajstić information content (AvgIpc) is 2.52. The van der Waals surface area contributed by atoms with E-state index >= 15 is 0 Å². The van der Waals surface area contributed by atoms with Crippen LogP contribution in [0.4, 0.5) is 22.0 Å². The molecule has 0 saturated carbocycles. The maximum absolute atomic E-state index is 11.4. The number of nitrogens with one attached hydrogen (secondary N) is 1. The van der Waals surface area contributed by atoms with Crippen LogP contribution in [0.15, 0.2) is 30.5 Å². The molecule has 0 saturated heterocycles. The van der Waals surface area contributed by atoms with Crippen molar-refractivity contribution in [1.82, 2.24) is 14.9 Å². The molecule has 2 N–H and O–H groups in total. The van der Waals surface area contributed by atoms with Gasteiger partial charge in [0.2, 0.25) is 11.1 Å². The van der Waals surface area contributed by atoms with Gasteiger partial charge >= 0.3 is 11.8 Å². The highest BCUT2D eigenvalue weighted by Crippen LogP contribution is 2.26. The standard InChI is InChI=1S/C16H18ClN5O4/c1-16(2,3)21(15(23)24)9-10-4-6-11(7-5-10)19-13-12(22(25)26)8-18-14(17)20-13/h4-8H,9H2,1-3H3,(H,23,24)(H,18,19,20). The summed E-state index contributed by atoms with van der Waals surface area (Å²) in [4.78, 5) is 30.6. The monoisotopic (exact) mass is 379 g/mol. The van der Waals surface area contributed by atoms with Gasteiger partial charge in [0.05, 0.1) is 4.92 Å². The van der Waals surface area contributed by atoms with Crippen LogP contribution in [0.5, 0.6) is 0 Å². The summed E-state index contributed by atoms with van der Waals surface area (Å²) >= 11 is 5.70. The second kappa shape index (κ2) is 7.52. The lowest BCUT2D eigenvalue weighted by Gasteiger charge is -2.33. The van der Waals surface area contributed by atoms with E-state index in [1.165, 1.54) is 4.90 Å². The maximum atomic E-state index is 11.4. The normalized spacial score (nSPS) is 11.1. The predicted octanol–water partition coefficient (Wildman–Crippen LogP) is 4.06. The zero-order valence-corrected chi connectivity index (χ0v) is 15.2. The molecule has 0 fully saturated rings. The van der Waals surface area contributed by atoms with Crippen molar-refractivity contribution in [2.75, 3.05) is 5.32 Å². The van der Waals surface area contributed by atoms with Crippen LogP contribution >= 0.6 is 11.6 Å². The summed E-state index contributed by atoms with van der Waals surface area (Å²) in [6.07, 6.45) is 0.0195. The van der Waals surface area contributed by atoms with E-state index in [-0.39, 0.29) is 23.3 Å². The first kappa shape index (κ1) is 19.4. The fourth-order valence-electron chi connectivity index (χ4n) is 2.18. The Morgan fingerprint density at radius 1 is 1.35 bits per heavy atom. The highest BCUT2D eigenvalue weighted by Gasteiger charge is 2.26. The van der Waals surface area contributed by atoms with Crippen LogP contribution in [-0.4, -0.2) is 36.5 Å². The van der Waals surface area contributed by atoms with Crippen LogP contribution in [0.3, 0.4) is 0 Å². The Kier molecular flexibility index (Phi) is 5.61. The van der Waals surface area contributed by atoms with Gasteiger partial charge in [0, 0.05) is 17.8 Å². The van der Waals surface area contributed by atoms with Crippen molar-refractivity contribution in [1.29, 1.82) is 0 Å². The number of carboxylic acid groups (broad SMARTS) is 1. The number of rotatable bonds is 5. The van der Waals surface area contributed by atoms with E-state index in [1.807, 2.05) is 20.8 Å². The lowest BCUT2D eigenvalue weighted by molar-refractivity contribution is -0.384. The van der Waals surface area contributed by atoms with Crippen LogP contribution in [0.1, 0.15) is 26.3 Å². The molecule has 1 heterocycles. The zero-order valence-electron chi connectivity index (χ0n) is 14.4. The number of benzene rings is 1. The van der Waals surface area contributed by atoms with Crippen LogP contribution in [0.25, 0.3) is 0 Å². The Bertz CT molecular complexity index is 820. The third-order valence-corrected chi connectivity index (χ3v) is 3.72. The van der Waals surface area contributed by atoms with Gasteiger partial charge in [0.1, 0.15) is 6.20 Å². The summed E-state index contributed by atoms with van der Waals surface area (Å²) in [5, 5.41) is 23.1. The topological polar surface area (TPSA) is 121 Å². The lowest BCUT2D eigenvalue weighted by Crippen LogP contribution is -2.44. The van der Waals surface area contributed by atoms with E-state index < -0.39 is 16.6 Å². The first-order valence-corrected chi connectivity index (χ1v) is 7.99. The Morgan fingerprint density at radius 2 is 1.96 bits per heavy atom. The number of anilines is 2. The van der Waals surface area contributed by atoms with Crippen molar-refractivity contribution in [3.8, 4) is 0 Å². The van der Waals surface area contributed by atoms with Crippen molar-refractivity contribution < 1.29 is 14.8 Å². The molecule has 0 aliphatic heterocycles. The van der Waals surface area contributed by atoms with E-state index in [0.29, 0.717) is 5.69 Å². The highest BCUT2D eigenvalue weighted by atomic mass is 35.5. The zero-order chi connectivity index (χ0) is 19.5. The largest absolute Gasteiger partial charge is 0.465 e. The molecule has 0 aliphatic carbocycles. The van der Waals surface area contributed by atoms with Gasteiger partial charge in [-0.3, -0.25) is 15.0 Å². The SMILES string of the molecule is CC(C)(C)N(Cc1ccc(Nc2nc(Cl)ncc2[N+](=O)[O-])cc1)C(=O)O. The van der Waals surface area contributed by atoms with Gasteiger partial charge in [-0.15, -0.1) is 0 Å². The van der Waals surface area contributed by atoms with Crippen LogP contribution in [0, 0.1) is 10.1 Å².